The highest BCUT2D eigenvalue weighted by atomic mass is 32.2. The Labute approximate surface area is 118 Å². The molecular weight excluding hydrogens is 300 g/mol. The van der Waals surface area contributed by atoms with Crippen LogP contribution in [0.5, 0.6) is 0 Å². The fraction of sp³-hybridized carbons (Fsp3) is 0.200. The highest BCUT2D eigenvalue weighted by Gasteiger charge is 2.25. The van der Waals surface area contributed by atoms with Crippen molar-refractivity contribution < 1.29 is 8.42 Å². The third-order valence-electron chi connectivity index (χ3n) is 2.71. The second-order valence-electron chi connectivity index (χ2n) is 4.10. The van der Waals surface area contributed by atoms with E-state index in [0.29, 0.717) is 17.2 Å². The zero-order valence-corrected chi connectivity index (χ0v) is 11.9. The summed E-state index contributed by atoms with van der Waals surface area (Å²) in [5, 5.41) is 6.33. The van der Waals surface area contributed by atoms with E-state index in [1.54, 1.807) is 19.1 Å². The summed E-state index contributed by atoms with van der Waals surface area (Å²) in [4.78, 5) is 4.03. The maximum Gasteiger partial charge on any atom is 0.243 e. The van der Waals surface area contributed by atoms with Crippen LogP contribution >= 0.6 is 0 Å². The number of nitrogens with one attached hydrogen (secondary N) is 2. The molecular formula is C10H10N6O2S2. The van der Waals surface area contributed by atoms with E-state index < -0.39 is 16.1 Å². The minimum absolute atomic E-state index is 0.107. The Balaban J connectivity index is 1.94. The van der Waals surface area contributed by atoms with Crippen LogP contribution < -0.4 is 4.72 Å². The van der Waals surface area contributed by atoms with Gasteiger partial charge in [-0.05, 0) is 19.1 Å². The molecule has 0 saturated carbocycles. The number of benzene rings is 1. The van der Waals surface area contributed by atoms with Gasteiger partial charge in [0.25, 0.3) is 0 Å². The Kier molecular flexibility index (Phi) is 3.20. The molecule has 0 bridgehead atoms. The van der Waals surface area contributed by atoms with Gasteiger partial charge in [-0.3, -0.25) is 5.10 Å². The smallest absolute Gasteiger partial charge is 0.243 e. The normalized spacial score (nSPS) is 14.8. The molecule has 10 heteroatoms. The molecule has 0 fully saturated rings. The molecule has 8 nitrogen and oxygen atoms in total. The van der Waals surface area contributed by atoms with Crippen LogP contribution in [0.3, 0.4) is 0 Å². The predicted octanol–water partition coefficient (Wildman–Crippen LogP) is 1.57. The van der Waals surface area contributed by atoms with E-state index in [1.807, 2.05) is 0 Å². The van der Waals surface area contributed by atoms with Gasteiger partial charge < -0.3 is 0 Å². The fourth-order valence-corrected chi connectivity index (χ4v) is 3.75. The summed E-state index contributed by atoms with van der Waals surface area (Å²) in [6.45, 7) is 1.68. The average Bonchev–Trinajstić information content (AvgIpc) is 3.08. The van der Waals surface area contributed by atoms with Crippen LogP contribution in [0.2, 0.25) is 0 Å². The molecule has 0 amide bonds. The minimum Gasteiger partial charge on any atom is -0.262 e. The largest absolute Gasteiger partial charge is 0.262 e. The van der Waals surface area contributed by atoms with Gasteiger partial charge in [-0.1, -0.05) is 6.07 Å². The highest BCUT2D eigenvalue weighted by Crippen LogP contribution is 2.37. The zero-order chi connectivity index (χ0) is 14.2. The molecule has 2 N–H and O–H groups in total. The Hall–Kier alpha value is -1.91. The molecule has 1 aliphatic heterocycles. The topological polar surface area (TPSA) is 112 Å². The number of fused-ring (bicyclic) bond motifs is 1. The van der Waals surface area contributed by atoms with Crippen molar-refractivity contribution in [1.29, 1.82) is 0 Å². The molecule has 1 aliphatic rings. The lowest BCUT2D eigenvalue weighted by Crippen LogP contribution is -2.27. The fourth-order valence-electron chi connectivity index (χ4n) is 1.77. The number of nitrogens with zero attached hydrogens (tertiary/aromatic N) is 4. The Morgan fingerprint density at radius 2 is 2.20 bits per heavy atom. The average molecular weight is 310 g/mol. The van der Waals surface area contributed by atoms with E-state index in [9.17, 15) is 8.42 Å². The quantitative estimate of drug-likeness (QED) is 0.761. The number of sulfonamides is 1. The van der Waals surface area contributed by atoms with Crippen LogP contribution in [0.15, 0.2) is 38.1 Å². The maximum absolute atomic E-state index is 12.4. The molecule has 104 valence electrons. The number of aromatic nitrogens is 3. The van der Waals surface area contributed by atoms with Crippen molar-refractivity contribution in [2.45, 2.75) is 17.9 Å². The summed E-state index contributed by atoms with van der Waals surface area (Å²) in [6.07, 6.45) is 1.32. The Morgan fingerprint density at radius 3 is 2.95 bits per heavy atom. The van der Waals surface area contributed by atoms with Gasteiger partial charge in [0.2, 0.25) is 10.0 Å². The second kappa shape index (κ2) is 4.89. The molecule has 20 heavy (non-hydrogen) atoms. The predicted molar refractivity (Wildman–Crippen MR) is 73.1 cm³/mol. The number of hydrogen-bond acceptors (Lipinski definition) is 6. The molecule has 2 heterocycles. The van der Waals surface area contributed by atoms with E-state index in [-0.39, 0.29) is 4.90 Å². The summed E-state index contributed by atoms with van der Waals surface area (Å²) in [7, 11) is -3.72. The maximum atomic E-state index is 12.4. The van der Waals surface area contributed by atoms with Crippen molar-refractivity contribution in [2.24, 2.45) is 8.73 Å². The summed E-state index contributed by atoms with van der Waals surface area (Å²) >= 11 is 0.979. The van der Waals surface area contributed by atoms with Crippen LogP contribution in [0.25, 0.3) is 0 Å². The molecule has 1 aromatic carbocycles. The van der Waals surface area contributed by atoms with Gasteiger partial charge in [-0.25, -0.2) is 18.1 Å². The molecule has 3 rings (SSSR count). The summed E-state index contributed by atoms with van der Waals surface area (Å²) in [6, 6.07) is 4.33. The van der Waals surface area contributed by atoms with Crippen molar-refractivity contribution in [2.75, 3.05) is 0 Å². The van der Waals surface area contributed by atoms with E-state index >= 15 is 0 Å². The molecule has 0 spiro atoms. The van der Waals surface area contributed by atoms with Gasteiger partial charge in [-0.15, -0.1) is 0 Å². The highest BCUT2D eigenvalue weighted by molar-refractivity contribution is 7.89. The van der Waals surface area contributed by atoms with Gasteiger partial charge in [0.1, 0.15) is 28.4 Å². The van der Waals surface area contributed by atoms with Gasteiger partial charge in [-0.2, -0.15) is 13.8 Å². The number of aromatic amines is 1. The monoisotopic (exact) mass is 310 g/mol. The SMILES string of the molecule is CC(NS(=O)(=O)c1cccc2c1N=S=N2)c1ncn[nH]1. The van der Waals surface area contributed by atoms with Crippen molar-refractivity contribution in [3.63, 3.8) is 0 Å². The van der Waals surface area contributed by atoms with Crippen LogP contribution in [0.4, 0.5) is 11.4 Å². The standard InChI is InChI=1S/C10H10N6O2S2/c1-6(10-11-5-12-13-10)16-20(17,18)8-4-2-3-7-9(8)15-19-14-7/h2-6,16H,1H3,(H,11,12,13). The molecule has 1 unspecified atom stereocenters. The van der Waals surface area contributed by atoms with Crippen LogP contribution in [0, 0.1) is 0 Å². The van der Waals surface area contributed by atoms with Gasteiger partial charge >= 0.3 is 0 Å². The van der Waals surface area contributed by atoms with Gasteiger partial charge in [0, 0.05) is 0 Å². The Morgan fingerprint density at radius 1 is 1.35 bits per heavy atom. The van der Waals surface area contributed by atoms with E-state index in [4.69, 9.17) is 0 Å². The lowest BCUT2D eigenvalue weighted by molar-refractivity contribution is 0.560. The molecule has 0 saturated heterocycles. The van der Waals surface area contributed by atoms with Crippen LogP contribution in [0.1, 0.15) is 18.8 Å². The van der Waals surface area contributed by atoms with E-state index in [1.165, 1.54) is 12.4 Å². The Bertz CT molecular complexity index is 808. The number of hydrogen-bond donors (Lipinski definition) is 2. The summed E-state index contributed by atoms with van der Waals surface area (Å²) in [5.41, 5.74) is 0.931. The first-order chi connectivity index (χ1) is 9.58. The second-order valence-corrected chi connectivity index (χ2v) is 6.31. The minimum atomic E-state index is -3.72. The lowest BCUT2D eigenvalue weighted by atomic mass is 10.3. The first-order valence-electron chi connectivity index (χ1n) is 5.67. The van der Waals surface area contributed by atoms with Crippen molar-refractivity contribution in [3.8, 4) is 0 Å². The molecule has 0 aliphatic carbocycles. The van der Waals surface area contributed by atoms with Gasteiger partial charge in [0.05, 0.1) is 17.4 Å². The number of rotatable bonds is 4. The first kappa shape index (κ1) is 13.1. The van der Waals surface area contributed by atoms with Crippen molar-refractivity contribution in [1.82, 2.24) is 19.9 Å². The summed E-state index contributed by atoms with van der Waals surface area (Å²) < 4.78 is 35.4. The third-order valence-corrected chi connectivity index (χ3v) is 4.83. The lowest BCUT2D eigenvalue weighted by Gasteiger charge is -2.12. The van der Waals surface area contributed by atoms with Crippen molar-refractivity contribution >= 4 is 32.8 Å². The third kappa shape index (κ3) is 2.28. The van der Waals surface area contributed by atoms with Crippen LogP contribution in [-0.2, 0) is 21.4 Å². The molecule has 2 aromatic rings. The van der Waals surface area contributed by atoms with E-state index in [2.05, 4.69) is 28.6 Å². The molecule has 0 radical (unpaired) electrons. The molecule has 1 aromatic heterocycles. The summed E-state index contributed by atoms with van der Waals surface area (Å²) in [5.74, 6) is 0.442. The molecule has 1 atom stereocenters. The van der Waals surface area contributed by atoms with E-state index in [0.717, 1.165) is 11.4 Å². The first-order valence-corrected chi connectivity index (χ1v) is 7.88. The van der Waals surface area contributed by atoms with Crippen LogP contribution in [-0.4, -0.2) is 23.6 Å². The van der Waals surface area contributed by atoms with Crippen molar-refractivity contribution in [3.05, 3.63) is 30.4 Å². The number of H-pyrrole nitrogens is 1. The zero-order valence-electron chi connectivity index (χ0n) is 10.3. The van der Waals surface area contributed by atoms with Gasteiger partial charge in [0.15, 0.2) is 0 Å².